The van der Waals surface area contributed by atoms with Gasteiger partial charge in [0.2, 0.25) is 0 Å². The van der Waals surface area contributed by atoms with Gasteiger partial charge in [0.15, 0.2) is 6.61 Å². The van der Waals surface area contributed by atoms with Gasteiger partial charge in [0.1, 0.15) is 29.3 Å². The molecule has 0 unspecified atom stereocenters. The number of nitrogen functional groups attached to an aromatic ring is 1. The molecule has 0 bridgehead atoms. The number of benzene rings is 2. The lowest BCUT2D eigenvalue weighted by Gasteiger charge is -2.14. The molecule has 0 radical (unpaired) electrons. The van der Waals surface area contributed by atoms with Crippen LogP contribution in [0.15, 0.2) is 54.7 Å². The van der Waals surface area contributed by atoms with Crippen molar-refractivity contribution in [1.82, 2.24) is 4.98 Å². The summed E-state index contributed by atoms with van der Waals surface area (Å²) in [5.74, 6) is 0.788. The molecule has 0 saturated carbocycles. The standard InChI is InChI=1S/C21H16N4O/c1-14-2-4-15(5-3-14)19-13-25-21(24)18(12-23)20(19)16-6-8-17(9-7-16)26-11-10-22/h2-9,13H,11H2,1H3,(H2,24,25). The fraction of sp³-hybridized carbons (Fsp3) is 0.0952. The van der Waals surface area contributed by atoms with E-state index in [4.69, 9.17) is 15.7 Å². The maximum Gasteiger partial charge on any atom is 0.174 e. The van der Waals surface area contributed by atoms with E-state index in [2.05, 4.69) is 11.1 Å². The fourth-order valence-corrected chi connectivity index (χ4v) is 2.72. The zero-order valence-electron chi connectivity index (χ0n) is 14.2. The predicted molar refractivity (Wildman–Crippen MR) is 100 cm³/mol. The van der Waals surface area contributed by atoms with Gasteiger partial charge in [-0.05, 0) is 30.2 Å². The summed E-state index contributed by atoms with van der Waals surface area (Å²) in [5, 5.41) is 18.2. The van der Waals surface area contributed by atoms with Crippen LogP contribution in [0.2, 0.25) is 0 Å². The number of pyridine rings is 1. The van der Waals surface area contributed by atoms with Crippen LogP contribution in [0.25, 0.3) is 22.3 Å². The fourth-order valence-electron chi connectivity index (χ4n) is 2.72. The molecule has 0 aliphatic rings. The molecule has 3 rings (SSSR count). The molecular formula is C21H16N4O. The van der Waals surface area contributed by atoms with Crippen LogP contribution in [0.1, 0.15) is 11.1 Å². The Morgan fingerprint density at radius 1 is 1.00 bits per heavy atom. The van der Waals surface area contributed by atoms with E-state index in [0.717, 1.165) is 27.8 Å². The van der Waals surface area contributed by atoms with Crippen LogP contribution in [-0.4, -0.2) is 11.6 Å². The number of hydrogen-bond acceptors (Lipinski definition) is 5. The summed E-state index contributed by atoms with van der Waals surface area (Å²) in [5.41, 5.74) is 10.8. The number of nitrogens with two attached hydrogens (primary N) is 1. The summed E-state index contributed by atoms with van der Waals surface area (Å²) >= 11 is 0. The minimum Gasteiger partial charge on any atom is -0.479 e. The van der Waals surface area contributed by atoms with Crippen molar-refractivity contribution in [3.05, 3.63) is 65.9 Å². The minimum absolute atomic E-state index is 0.0143. The zero-order valence-corrected chi connectivity index (χ0v) is 14.2. The van der Waals surface area contributed by atoms with Crippen molar-refractivity contribution < 1.29 is 4.74 Å². The van der Waals surface area contributed by atoms with Gasteiger partial charge in [0.05, 0.1) is 0 Å². The summed E-state index contributed by atoms with van der Waals surface area (Å²) in [6.45, 7) is 2.01. The van der Waals surface area contributed by atoms with E-state index < -0.39 is 0 Å². The van der Waals surface area contributed by atoms with Crippen molar-refractivity contribution in [1.29, 1.82) is 10.5 Å². The van der Waals surface area contributed by atoms with Crippen LogP contribution >= 0.6 is 0 Å². The molecule has 2 N–H and O–H groups in total. The largest absolute Gasteiger partial charge is 0.479 e. The third-order valence-corrected chi connectivity index (χ3v) is 4.03. The Hall–Kier alpha value is -3.83. The van der Waals surface area contributed by atoms with Crippen molar-refractivity contribution in [2.45, 2.75) is 6.92 Å². The maximum absolute atomic E-state index is 9.62. The summed E-state index contributed by atoms with van der Waals surface area (Å²) in [4.78, 5) is 4.19. The average molecular weight is 340 g/mol. The zero-order chi connectivity index (χ0) is 18.5. The van der Waals surface area contributed by atoms with E-state index in [0.29, 0.717) is 11.3 Å². The van der Waals surface area contributed by atoms with Gasteiger partial charge in [-0.2, -0.15) is 10.5 Å². The van der Waals surface area contributed by atoms with Crippen LogP contribution in [0.4, 0.5) is 5.82 Å². The third kappa shape index (κ3) is 3.33. The molecule has 0 saturated heterocycles. The number of nitrogens with zero attached hydrogens (tertiary/aromatic N) is 3. The number of rotatable bonds is 4. The summed E-state index contributed by atoms with van der Waals surface area (Å²) in [6, 6.07) is 19.4. The van der Waals surface area contributed by atoms with Crippen LogP contribution in [-0.2, 0) is 0 Å². The lowest BCUT2D eigenvalue weighted by atomic mass is 9.92. The number of aromatic nitrogens is 1. The third-order valence-electron chi connectivity index (χ3n) is 4.03. The molecule has 0 amide bonds. The van der Waals surface area contributed by atoms with Crippen LogP contribution < -0.4 is 10.5 Å². The normalized spacial score (nSPS) is 9.96. The first-order valence-corrected chi connectivity index (χ1v) is 8.00. The minimum atomic E-state index is -0.0143. The summed E-state index contributed by atoms with van der Waals surface area (Å²) < 4.78 is 5.29. The molecule has 5 nitrogen and oxygen atoms in total. The van der Waals surface area contributed by atoms with E-state index >= 15 is 0 Å². The summed E-state index contributed by atoms with van der Waals surface area (Å²) in [7, 11) is 0. The van der Waals surface area contributed by atoms with Crippen molar-refractivity contribution >= 4 is 5.82 Å². The molecule has 1 aromatic heterocycles. The molecule has 1 heterocycles. The van der Waals surface area contributed by atoms with Crippen LogP contribution in [0, 0.1) is 29.6 Å². The van der Waals surface area contributed by atoms with Crippen molar-refractivity contribution in [2.24, 2.45) is 0 Å². The molecule has 0 atom stereocenters. The molecular weight excluding hydrogens is 324 g/mol. The quantitative estimate of drug-likeness (QED) is 0.772. The molecule has 0 fully saturated rings. The lowest BCUT2D eigenvalue weighted by molar-refractivity contribution is 0.368. The van der Waals surface area contributed by atoms with Crippen molar-refractivity contribution in [3.63, 3.8) is 0 Å². The van der Waals surface area contributed by atoms with Gasteiger partial charge >= 0.3 is 0 Å². The van der Waals surface area contributed by atoms with Gasteiger partial charge < -0.3 is 10.5 Å². The van der Waals surface area contributed by atoms with Gasteiger partial charge in [-0.15, -0.1) is 0 Å². The second-order valence-electron chi connectivity index (χ2n) is 5.76. The Morgan fingerprint density at radius 2 is 1.65 bits per heavy atom. The Kier molecular flexibility index (Phi) is 4.83. The molecule has 2 aromatic carbocycles. The highest BCUT2D eigenvalue weighted by Gasteiger charge is 2.16. The number of ether oxygens (including phenoxy) is 1. The maximum atomic E-state index is 9.62. The van der Waals surface area contributed by atoms with Gasteiger partial charge in [-0.25, -0.2) is 4.98 Å². The van der Waals surface area contributed by atoms with E-state index in [1.807, 2.05) is 49.4 Å². The van der Waals surface area contributed by atoms with E-state index in [-0.39, 0.29) is 12.4 Å². The second kappa shape index (κ2) is 7.38. The van der Waals surface area contributed by atoms with Gasteiger partial charge in [-0.3, -0.25) is 0 Å². The SMILES string of the molecule is Cc1ccc(-c2cnc(N)c(C#N)c2-c2ccc(OCC#N)cc2)cc1. The highest BCUT2D eigenvalue weighted by molar-refractivity contribution is 5.89. The molecule has 3 aromatic rings. The molecule has 0 aliphatic carbocycles. The molecule has 5 heteroatoms. The average Bonchev–Trinajstić information content (AvgIpc) is 2.67. The number of anilines is 1. The van der Waals surface area contributed by atoms with Gasteiger partial charge in [0, 0.05) is 17.3 Å². The molecule has 26 heavy (non-hydrogen) atoms. The first-order chi connectivity index (χ1) is 12.6. The first-order valence-electron chi connectivity index (χ1n) is 8.00. The Labute approximate surface area is 151 Å². The Morgan fingerprint density at radius 3 is 2.27 bits per heavy atom. The van der Waals surface area contributed by atoms with E-state index in [1.165, 1.54) is 0 Å². The summed E-state index contributed by atoms with van der Waals surface area (Å²) in [6.07, 6.45) is 1.69. The highest BCUT2D eigenvalue weighted by Crippen LogP contribution is 2.37. The van der Waals surface area contributed by atoms with Crippen molar-refractivity contribution in [2.75, 3.05) is 12.3 Å². The monoisotopic (exact) mass is 340 g/mol. The highest BCUT2D eigenvalue weighted by atomic mass is 16.5. The van der Waals surface area contributed by atoms with E-state index in [9.17, 15) is 5.26 Å². The van der Waals surface area contributed by atoms with Crippen LogP contribution in [0.3, 0.4) is 0 Å². The van der Waals surface area contributed by atoms with Gasteiger partial charge in [-0.1, -0.05) is 42.0 Å². The number of aryl methyl sites for hydroxylation is 1. The second-order valence-corrected chi connectivity index (χ2v) is 5.76. The predicted octanol–water partition coefficient (Wildman–Crippen LogP) is 4.08. The lowest BCUT2D eigenvalue weighted by Crippen LogP contribution is -2.00. The van der Waals surface area contributed by atoms with Gasteiger partial charge in [0.25, 0.3) is 0 Å². The smallest absolute Gasteiger partial charge is 0.174 e. The molecule has 126 valence electrons. The van der Waals surface area contributed by atoms with Crippen molar-refractivity contribution in [3.8, 4) is 40.1 Å². The topological polar surface area (TPSA) is 95.7 Å². The Balaban J connectivity index is 2.15. The molecule has 0 spiro atoms. The Bertz CT molecular complexity index is 1010. The first kappa shape index (κ1) is 17.0. The van der Waals surface area contributed by atoms with Crippen LogP contribution in [0.5, 0.6) is 5.75 Å². The molecule has 0 aliphatic heterocycles. The van der Waals surface area contributed by atoms with E-state index in [1.54, 1.807) is 18.3 Å². The number of nitriles is 2. The number of hydrogen-bond donors (Lipinski definition) is 1.